The second-order valence-corrected chi connectivity index (χ2v) is 7.04. The van der Waals surface area contributed by atoms with Crippen molar-refractivity contribution in [1.82, 2.24) is 10.2 Å². The van der Waals surface area contributed by atoms with E-state index in [9.17, 15) is 0 Å². The molecule has 1 saturated carbocycles. The Balaban J connectivity index is 1.80. The molecule has 0 radical (unpaired) electrons. The van der Waals surface area contributed by atoms with Crippen LogP contribution in [0.4, 0.5) is 0 Å². The fraction of sp³-hybridized carbons (Fsp3) is 1.00. The van der Waals surface area contributed by atoms with Crippen molar-refractivity contribution in [3.05, 3.63) is 0 Å². The summed E-state index contributed by atoms with van der Waals surface area (Å²) < 4.78 is 0. The van der Waals surface area contributed by atoms with Crippen LogP contribution in [-0.2, 0) is 0 Å². The Morgan fingerprint density at radius 3 is 2.56 bits per heavy atom. The molecule has 1 aliphatic carbocycles. The molecule has 0 bridgehead atoms. The molecule has 1 saturated heterocycles. The number of nitrogens with one attached hydrogen (secondary N) is 1. The molecule has 1 N–H and O–H groups in total. The first-order valence-electron chi connectivity index (χ1n) is 8.12. The summed E-state index contributed by atoms with van der Waals surface area (Å²) in [6.45, 7) is 10.9. The molecule has 2 unspecified atom stereocenters. The molecule has 0 amide bonds. The first kappa shape index (κ1) is 14.3. The highest BCUT2D eigenvalue weighted by Gasteiger charge is 2.27. The second kappa shape index (κ2) is 6.91. The molecule has 18 heavy (non-hydrogen) atoms. The van der Waals surface area contributed by atoms with Crippen molar-refractivity contribution < 1.29 is 0 Å². The number of hydrogen-bond donors (Lipinski definition) is 1. The molecular formula is C16H32N2. The predicted octanol–water partition coefficient (Wildman–Crippen LogP) is 3.28. The summed E-state index contributed by atoms with van der Waals surface area (Å²) in [6.07, 6.45) is 8.70. The quantitative estimate of drug-likeness (QED) is 0.826. The Kier molecular flexibility index (Phi) is 5.50. The first-order valence-corrected chi connectivity index (χ1v) is 8.12. The molecular weight excluding hydrogens is 220 g/mol. The second-order valence-electron chi connectivity index (χ2n) is 7.04. The molecule has 0 spiro atoms. The van der Waals surface area contributed by atoms with Crippen molar-refractivity contribution >= 4 is 0 Å². The standard InChI is InChI=1S/C16H32N2/c1-13(2)9-16-12-18(14(3)10-17-16)11-15-7-5-4-6-8-15/h13-17H,4-12H2,1-3H3. The van der Waals surface area contributed by atoms with Gasteiger partial charge in [0.05, 0.1) is 0 Å². The Bertz CT molecular complexity index is 233. The summed E-state index contributed by atoms with van der Waals surface area (Å²) in [4.78, 5) is 2.76. The van der Waals surface area contributed by atoms with Gasteiger partial charge >= 0.3 is 0 Å². The molecule has 2 heteroatoms. The van der Waals surface area contributed by atoms with Gasteiger partial charge in [-0.1, -0.05) is 33.1 Å². The van der Waals surface area contributed by atoms with Crippen LogP contribution >= 0.6 is 0 Å². The minimum Gasteiger partial charge on any atom is -0.311 e. The molecule has 1 heterocycles. The van der Waals surface area contributed by atoms with E-state index in [1.165, 1.54) is 58.2 Å². The van der Waals surface area contributed by atoms with E-state index < -0.39 is 0 Å². The van der Waals surface area contributed by atoms with E-state index in [0.29, 0.717) is 0 Å². The maximum Gasteiger partial charge on any atom is 0.0198 e. The van der Waals surface area contributed by atoms with E-state index in [-0.39, 0.29) is 0 Å². The van der Waals surface area contributed by atoms with Gasteiger partial charge in [0, 0.05) is 31.7 Å². The number of piperazine rings is 1. The number of hydrogen-bond acceptors (Lipinski definition) is 2. The Hall–Kier alpha value is -0.0800. The van der Waals surface area contributed by atoms with Gasteiger partial charge in [0.15, 0.2) is 0 Å². The lowest BCUT2D eigenvalue weighted by molar-refractivity contribution is 0.102. The number of nitrogens with zero attached hydrogens (tertiary/aromatic N) is 1. The van der Waals surface area contributed by atoms with Crippen molar-refractivity contribution in [3.8, 4) is 0 Å². The SMILES string of the molecule is CC(C)CC1CN(CC2CCCCC2)C(C)CN1. The minimum absolute atomic E-state index is 0.727. The maximum atomic E-state index is 3.73. The number of rotatable bonds is 4. The zero-order chi connectivity index (χ0) is 13.0. The molecule has 2 aliphatic rings. The van der Waals surface area contributed by atoms with Gasteiger partial charge in [0.1, 0.15) is 0 Å². The van der Waals surface area contributed by atoms with E-state index in [1.54, 1.807) is 0 Å². The van der Waals surface area contributed by atoms with Crippen LogP contribution in [0.1, 0.15) is 59.3 Å². The minimum atomic E-state index is 0.727. The van der Waals surface area contributed by atoms with Gasteiger partial charge in [-0.3, -0.25) is 4.90 Å². The smallest absolute Gasteiger partial charge is 0.0198 e. The third kappa shape index (κ3) is 4.24. The highest BCUT2D eigenvalue weighted by Crippen LogP contribution is 2.26. The maximum absolute atomic E-state index is 3.73. The third-order valence-electron chi connectivity index (χ3n) is 4.75. The van der Waals surface area contributed by atoms with Crippen LogP contribution in [0.25, 0.3) is 0 Å². The Morgan fingerprint density at radius 2 is 1.89 bits per heavy atom. The molecule has 2 nitrogen and oxygen atoms in total. The summed E-state index contributed by atoms with van der Waals surface area (Å²) in [7, 11) is 0. The third-order valence-corrected chi connectivity index (χ3v) is 4.75. The predicted molar refractivity (Wildman–Crippen MR) is 78.9 cm³/mol. The molecule has 2 atom stereocenters. The molecule has 1 aliphatic heterocycles. The summed E-state index contributed by atoms with van der Waals surface area (Å²) in [5, 5.41) is 3.73. The topological polar surface area (TPSA) is 15.3 Å². The van der Waals surface area contributed by atoms with Crippen LogP contribution in [0.2, 0.25) is 0 Å². The average molecular weight is 252 g/mol. The molecule has 0 aromatic rings. The van der Waals surface area contributed by atoms with Crippen LogP contribution in [0, 0.1) is 11.8 Å². The highest BCUT2D eigenvalue weighted by atomic mass is 15.2. The Labute approximate surface area is 114 Å². The van der Waals surface area contributed by atoms with Gasteiger partial charge in [-0.2, -0.15) is 0 Å². The Morgan fingerprint density at radius 1 is 1.17 bits per heavy atom. The fourth-order valence-corrected chi connectivity index (χ4v) is 3.68. The molecule has 2 rings (SSSR count). The van der Waals surface area contributed by atoms with Gasteiger partial charge in [-0.25, -0.2) is 0 Å². The lowest BCUT2D eigenvalue weighted by Crippen LogP contribution is -2.56. The first-order chi connectivity index (χ1) is 8.65. The summed E-state index contributed by atoms with van der Waals surface area (Å²) in [5.74, 6) is 1.80. The van der Waals surface area contributed by atoms with Crippen molar-refractivity contribution in [3.63, 3.8) is 0 Å². The van der Waals surface area contributed by atoms with E-state index in [1.807, 2.05) is 0 Å². The normalized spacial score (nSPS) is 32.0. The van der Waals surface area contributed by atoms with E-state index >= 15 is 0 Å². The van der Waals surface area contributed by atoms with Crippen molar-refractivity contribution in [2.45, 2.75) is 71.4 Å². The largest absolute Gasteiger partial charge is 0.311 e. The molecule has 0 aromatic carbocycles. The van der Waals surface area contributed by atoms with Gasteiger partial charge in [0.2, 0.25) is 0 Å². The van der Waals surface area contributed by atoms with Crippen LogP contribution in [0.3, 0.4) is 0 Å². The van der Waals surface area contributed by atoms with Gasteiger partial charge < -0.3 is 5.32 Å². The molecule has 106 valence electrons. The van der Waals surface area contributed by atoms with Crippen LogP contribution < -0.4 is 5.32 Å². The van der Waals surface area contributed by atoms with E-state index in [2.05, 4.69) is 31.0 Å². The zero-order valence-corrected chi connectivity index (χ0v) is 12.6. The average Bonchev–Trinajstić information content (AvgIpc) is 2.34. The van der Waals surface area contributed by atoms with E-state index in [4.69, 9.17) is 0 Å². The molecule has 2 fully saturated rings. The van der Waals surface area contributed by atoms with E-state index in [0.717, 1.165) is 23.9 Å². The van der Waals surface area contributed by atoms with Crippen molar-refractivity contribution in [2.75, 3.05) is 19.6 Å². The van der Waals surface area contributed by atoms with Crippen molar-refractivity contribution in [2.24, 2.45) is 11.8 Å². The summed E-state index contributed by atoms with van der Waals surface area (Å²) >= 11 is 0. The van der Waals surface area contributed by atoms with Crippen LogP contribution in [0.15, 0.2) is 0 Å². The molecule has 0 aromatic heterocycles. The highest BCUT2D eigenvalue weighted by molar-refractivity contribution is 4.86. The zero-order valence-electron chi connectivity index (χ0n) is 12.6. The van der Waals surface area contributed by atoms with Crippen LogP contribution in [0.5, 0.6) is 0 Å². The monoisotopic (exact) mass is 252 g/mol. The lowest BCUT2D eigenvalue weighted by Gasteiger charge is -2.41. The lowest BCUT2D eigenvalue weighted by atomic mass is 9.88. The van der Waals surface area contributed by atoms with Crippen LogP contribution in [-0.4, -0.2) is 36.6 Å². The van der Waals surface area contributed by atoms with Gasteiger partial charge in [-0.05, 0) is 38.0 Å². The summed E-state index contributed by atoms with van der Waals surface area (Å²) in [6, 6.07) is 1.46. The summed E-state index contributed by atoms with van der Waals surface area (Å²) in [5.41, 5.74) is 0. The van der Waals surface area contributed by atoms with Gasteiger partial charge in [0.25, 0.3) is 0 Å². The van der Waals surface area contributed by atoms with Gasteiger partial charge in [-0.15, -0.1) is 0 Å². The van der Waals surface area contributed by atoms with Crippen molar-refractivity contribution in [1.29, 1.82) is 0 Å². The fourth-order valence-electron chi connectivity index (χ4n) is 3.68.